The van der Waals surface area contributed by atoms with Gasteiger partial charge in [-0.05, 0) is 12.1 Å². The van der Waals surface area contributed by atoms with Crippen LogP contribution in [0.25, 0.3) is 0 Å². The molecule has 3 nitrogen and oxygen atoms in total. The number of rotatable bonds is 3. The Labute approximate surface area is 107 Å². The highest BCUT2D eigenvalue weighted by molar-refractivity contribution is 5.77. The maximum Gasteiger partial charge on any atom is 0.194 e. The zero-order valence-corrected chi connectivity index (χ0v) is 10.0. The van der Waals surface area contributed by atoms with Crippen LogP contribution in [0.15, 0.2) is 30.3 Å². The van der Waals surface area contributed by atoms with E-state index in [1.807, 2.05) is 0 Å². The molecule has 0 aliphatic rings. The molecule has 0 bridgehead atoms. The molecule has 0 aliphatic carbocycles. The highest BCUT2D eigenvalue weighted by Gasteiger charge is 2.12. The minimum Gasteiger partial charge on any atom is -0.495 e. The number of ether oxygens (including phenoxy) is 1. The molecule has 0 aromatic heterocycles. The number of nitrogens with two attached hydrogens (primary N) is 1. The van der Waals surface area contributed by atoms with Crippen molar-refractivity contribution in [2.24, 2.45) is 0 Å². The molecule has 0 radical (unpaired) electrons. The van der Waals surface area contributed by atoms with E-state index in [1.165, 1.54) is 7.11 Å². The Hall–Kier alpha value is -2.37. The normalized spacial score (nSPS) is 10.3. The molecule has 0 saturated carbocycles. The van der Waals surface area contributed by atoms with Gasteiger partial charge in [-0.2, -0.15) is 0 Å². The van der Waals surface area contributed by atoms with Crippen molar-refractivity contribution in [3.05, 3.63) is 47.8 Å². The summed E-state index contributed by atoms with van der Waals surface area (Å²) in [4.78, 5) is 0. The summed E-state index contributed by atoms with van der Waals surface area (Å²) in [5.41, 5.74) is 6.55. The molecule has 0 atom stereocenters. The second-order valence-corrected chi connectivity index (χ2v) is 3.80. The van der Waals surface area contributed by atoms with E-state index in [1.54, 1.807) is 18.2 Å². The molecule has 2 rings (SSSR count). The molecule has 0 spiro atoms. The van der Waals surface area contributed by atoms with Crippen LogP contribution in [0.5, 0.6) is 5.75 Å². The summed E-state index contributed by atoms with van der Waals surface area (Å²) in [5.74, 6) is -3.63. The lowest BCUT2D eigenvalue weighted by molar-refractivity contribution is 0.417. The molecule has 0 saturated heterocycles. The highest BCUT2D eigenvalue weighted by Crippen LogP contribution is 2.31. The molecule has 2 aromatic carbocycles. The number of benzene rings is 2. The van der Waals surface area contributed by atoms with Crippen LogP contribution in [0.3, 0.4) is 0 Å². The van der Waals surface area contributed by atoms with Crippen LogP contribution in [-0.2, 0) is 0 Å². The molecule has 0 amide bonds. The zero-order chi connectivity index (χ0) is 14.0. The van der Waals surface area contributed by atoms with Gasteiger partial charge in [0.05, 0.1) is 18.5 Å². The van der Waals surface area contributed by atoms with E-state index < -0.39 is 17.5 Å². The van der Waals surface area contributed by atoms with Crippen LogP contribution in [-0.4, -0.2) is 7.11 Å². The van der Waals surface area contributed by atoms with Gasteiger partial charge in [0, 0.05) is 17.8 Å². The van der Waals surface area contributed by atoms with Crippen LogP contribution in [0, 0.1) is 17.5 Å². The van der Waals surface area contributed by atoms with Gasteiger partial charge in [-0.1, -0.05) is 6.07 Å². The summed E-state index contributed by atoms with van der Waals surface area (Å²) < 4.78 is 44.0. The lowest BCUT2D eigenvalue weighted by atomic mass is 10.2. The van der Waals surface area contributed by atoms with Crippen molar-refractivity contribution in [2.75, 3.05) is 18.2 Å². The van der Waals surface area contributed by atoms with Gasteiger partial charge in [0.1, 0.15) is 5.75 Å². The lowest BCUT2D eigenvalue weighted by Gasteiger charge is -2.12. The third-order valence-corrected chi connectivity index (χ3v) is 2.55. The summed E-state index contributed by atoms with van der Waals surface area (Å²) in [6.07, 6.45) is 0. The van der Waals surface area contributed by atoms with E-state index in [2.05, 4.69) is 5.32 Å². The fourth-order valence-corrected chi connectivity index (χ4v) is 1.61. The van der Waals surface area contributed by atoms with Crippen molar-refractivity contribution in [1.82, 2.24) is 0 Å². The van der Waals surface area contributed by atoms with Gasteiger partial charge in [0.25, 0.3) is 0 Å². The largest absolute Gasteiger partial charge is 0.495 e. The van der Waals surface area contributed by atoms with Gasteiger partial charge < -0.3 is 15.8 Å². The fourth-order valence-electron chi connectivity index (χ4n) is 1.61. The van der Waals surface area contributed by atoms with Gasteiger partial charge in [-0.3, -0.25) is 0 Å². The van der Waals surface area contributed by atoms with Gasteiger partial charge in [0.2, 0.25) is 0 Å². The first-order valence-corrected chi connectivity index (χ1v) is 5.37. The summed E-state index contributed by atoms with van der Waals surface area (Å²) >= 11 is 0. The highest BCUT2D eigenvalue weighted by atomic mass is 19.2. The van der Waals surface area contributed by atoms with E-state index >= 15 is 0 Å². The van der Waals surface area contributed by atoms with Crippen molar-refractivity contribution < 1.29 is 17.9 Å². The third-order valence-electron chi connectivity index (χ3n) is 2.55. The fraction of sp³-hybridized carbons (Fsp3) is 0.0769. The minimum absolute atomic E-state index is 0.0522. The molecule has 3 N–H and O–H groups in total. The van der Waals surface area contributed by atoms with Gasteiger partial charge in [-0.15, -0.1) is 0 Å². The Morgan fingerprint density at radius 3 is 2.32 bits per heavy atom. The standard InChI is InChI=1S/C13H11F3N2O/c1-19-11-4-2-3-10(13(11)17)18-7-5-8(14)12(16)9(15)6-7/h2-6,18H,17H2,1H3. The third kappa shape index (κ3) is 2.57. The second kappa shape index (κ2) is 5.09. The maximum absolute atomic E-state index is 13.1. The van der Waals surface area contributed by atoms with Crippen LogP contribution >= 0.6 is 0 Å². The summed E-state index contributed by atoms with van der Waals surface area (Å²) in [6, 6.07) is 6.60. The number of methoxy groups -OCH3 is 1. The molecule has 0 aliphatic heterocycles. The lowest BCUT2D eigenvalue weighted by Crippen LogP contribution is -2.00. The number of hydrogen-bond acceptors (Lipinski definition) is 3. The number of halogens is 3. The summed E-state index contributed by atoms with van der Waals surface area (Å²) in [5, 5.41) is 2.70. The molecule has 6 heteroatoms. The van der Waals surface area contributed by atoms with Crippen LogP contribution in [0.1, 0.15) is 0 Å². The smallest absolute Gasteiger partial charge is 0.194 e. The Balaban J connectivity index is 2.36. The number of nitrogen functional groups attached to an aromatic ring is 1. The minimum atomic E-state index is -1.51. The van der Waals surface area contributed by atoms with Crippen molar-refractivity contribution in [3.8, 4) is 5.75 Å². The average molecular weight is 268 g/mol. The number of para-hydroxylation sites is 1. The van der Waals surface area contributed by atoms with Crippen molar-refractivity contribution in [1.29, 1.82) is 0 Å². The van der Waals surface area contributed by atoms with E-state index in [4.69, 9.17) is 10.5 Å². The first-order chi connectivity index (χ1) is 9.02. The quantitative estimate of drug-likeness (QED) is 0.662. The molecular formula is C13H11F3N2O. The number of anilines is 3. The SMILES string of the molecule is COc1cccc(Nc2cc(F)c(F)c(F)c2)c1N. The zero-order valence-electron chi connectivity index (χ0n) is 10.0. The predicted octanol–water partition coefficient (Wildman–Crippen LogP) is 3.44. The number of nitrogens with one attached hydrogen (secondary N) is 1. The van der Waals surface area contributed by atoms with E-state index in [0.717, 1.165) is 12.1 Å². The number of hydrogen-bond donors (Lipinski definition) is 2. The van der Waals surface area contributed by atoms with Crippen LogP contribution in [0.2, 0.25) is 0 Å². The van der Waals surface area contributed by atoms with Crippen LogP contribution < -0.4 is 15.8 Å². The topological polar surface area (TPSA) is 47.3 Å². The first-order valence-electron chi connectivity index (χ1n) is 5.37. The summed E-state index contributed by atoms with van der Waals surface area (Å²) in [7, 11) is 1.45. The van der Waals surface area contributed by atoms with E-state index in [0.29, 0.717) is 11.4 Å². The molecular weight excluding hydrogens is 257 g/mol. The average Bonchev–Trinajstić information content (AvgIpc) is 2.38. The van der Waals surface area contributed by atoms with Crippen molar-refractivity contribution >= 4 is 17.1 Å². The molecule has 2 aromatic rings. The first kappa shape index (κ1) is 13.1. The molecule has 0 heterocycles. The van der Waals surface area contributed by atoms with E-state index in [9.17, 15) is 13.2 Å². The van der Waals surface area contributed by atoms with Crippen molar-refractivity contribution in [2.45, 2.75) is 0 Å². The van der Waals surface area contributed by atoms with Crippen LogP contribution in [0.4, 0.5) is 30.2 Å². The second-order valence-electron chi connectivity index (χ2n) is 3.80. The molecule has 100 valence electrons. The summed E-state index contributed by atoms with van der Waals surface area (Å²) in [6.45, 7) is 0. The Kier molecular flexibility index (Phi) is 3.50. The van der Waals surface area contributed by atoms with E-state index in [-0.39, 0.29) is 11.4 Å². The Morgan fingerprint density at radius 1 is 1.11 bits per heavy atom. The Morgan fingerprint density at radius 2 is 1.74 bits per heavy atom. The molecule has 19 heavy (non-hydrogen) atoms. The van der Waals surface area contributed by atoms with Gasteiger partial charge in [-0.25, -0.2) is 13.2 Å². The Bertz CT molecular complexity index is 594. The van der Waals surface area contributed by atoms with Gasteiger partial charge >= 0.3 is 0 Å². The maximum atomic E-state index is 13.1. The molecule has 0 fully saturated rings. The molecule has 0 unspecified atom stereocenters. The predicted molar refractivity (Wildman–Crippen MR) is 67.0 cm³/mol. The van der Waals surface area contributed by atoms with Crippen molar-refractivity contribution in [3.63, 3.8) is 0 Å². The van der Waals surface area contributed by atoms with Gasteiger partial charge in [0.15, 0.2) is 17.5 Å². The monoisotopic (exact) mass is 268 g/mol.